The monoisotopic (exact) mass is 372 g/mol. The van der Waals surface area contributed by atoms with Crippen LogP contribution in [0.3, 0.4) is 0 Å². The summed E-state index contributed by atoms with van der Waals surface area (Å²) in [5.74, 6) is -0.907. The van der Waals surface area contributed by atoms with Crippen molar-refractivity contribution in [1.29, 1.82) is 0 Å². The highest BCUT2D eigenvalue weighted by Gasteiger charge is 2.43. The first-order valence-electron chi connectivity index (χ1n) is 9.65. The highest BCUT2D eigenvalue weighted by Crippen LogP contribution is 2.40. The zero-order valence-electron chi connectivity index (χ0n) is 16.1. The van der Waals surface area contributed by atoms with E-state index in [9.17, 15) is 19.5 Å². The molecule has 1 aromatic carbocycles. The number of carboxylic acid groups (broad SMARTS) is 1. The SMILES string of the molecule is Cc1ccc(CC(=O)N2CCC3(CCC(=O)N([C@H](C)C(=O)O)C3)CC2)cc1. The molecule has 2 aliphatic rings. The number of aliphatic carboxylic acids is 1. The number of aryl methyl sites for hydroxylation is 1. The van der Waals surface area contributed by atoms with Gasteiger partial charge in [0.15, 0.2) is 0 Å². The number of carbonyl (C=O) groups excluding carboxylic acids is 2. The Morgan fingerprint density at radius 2 is 1.78 bits per heavy atom. The van der Waals surface area contributed by atoms with Crippen molar-refractivity contribution in [2.75, 3.05) is 19.6 Å². The lowest BCUT2D eigenvalue weighted by molar-refractivity contribution is -0.155. The summed E-state index contributed by atoms with van der Waals surface area (Å²) in [4.78, 5) is 39.5. The summed E-state index contributed by atoms with van der Waals surface area (Å²) in [6.45, 7) is 5.43. The van der Waals surface area contributed by atoms with E-state index in [2.05, 4.69) is 0 Å². The molecular formula is C21H28N2O4. The average molecular weight is 372 g/mol. The molecule has 1 spiro atoms. The topological polar surface area (TPSA) is 77.9 Å². The summed E-state index contributed by atoms with van der Waals surface area (Å²) in [6, 6.07) is 7.24. The summed E-state index contributed by atoms with van der Waals surface area (Å²) in [5.41, 5.74) is 2.15. The first kappa shape index (κ1) is 19.4. The van der Waals surface area contributed by atoms with Crippen molar-refractivity contribution in [3.05, 3.63) is 35.4 Å². The predicted octanol–water partition coefficient (Wildman–Crippen LogP) is 2.24. The number of carboxylic acids is 1. The van der Waals surface area contributed by atoms with Gasteiger partial charge >= 0.3 is 5.97 Å². The minimum atomic E-state index is -0.967. The minimum Gasteiger partial charge on any atom is -0.480 e. The van der Waals surface area contributed by atoms with Gasteiger partial charge in [-0.2, -0.15) is 0 Å². The maximum atomic E-state index is 12.6. The number of piperidine rings is 2. The number of amides is 2. The van der Waals surface area contributed by atoms with E-state index in [-0.39, 0.29) is 17.2 Å². The van der Waals surface area contributed by atoms with E-state index in [4.69, 9.17) is 0 Å². The van der Waals surface area contributed by atoms with Gasteiger partial charge in [-0.1, -0.05) is 29.8 Å². The van der Waals surface area contributed by atoms with E-state index in [1.165, 1.54) is 10.5 Å². The molecule has 0 unspecified atom stereocenters. The van der Waals surface area contributed by atoms with Crippen LogP contribution in [0, 0.1) is 12.3 Å². The van der Waals surface area contributed by atoms with Crippen molar-refractivity contribution >= 4 is 17.8 Å². The van der Waals surface area contributed by atoms with E-state index in [0.29, 0.717) is 32.5 Å². The minimum absolute atomic E-state index is 0.0573. The van der Waals surface area contributed by atoms with Crippen molar-refractivity contribution < 1.29 is 19.5 Å². The molecule has 1 aromatic rings. The van der Waals surface area contributed by atoms with Gasteiger partial charge in [0.1, 0.15) is 6.04 Å². The quantitative estimate of drug-likeness (QED) is 0.879. The molecule has 6 heteroatoms. The second-order valence-corrected chi connectivity index (χ2v) is 8.08. The first-order valence-corrected chi connectivity index (χ1v) is 9.65. The molecule has 6 nitrogen and oxygen atoms in total. The molecule has 146 valence electrons. The van der Waals surface area contributed by atoms with Crippen LogP contribution in [0.2, 0.25) is 0 Å². The van der Waals surface area contributed by atoms with Gasteiger partial charge in [0.05, 0.1) is 6.42 Å². The van der Waals surface area contributed by atoms with Crippen molar-refractivity contribution in [2.24, 2.45) is 5.41 Å². The van der Waals surface area contributed by atoms with Gasteiger partial charge in [0.25, 0.3) is 0 Å². The molecule has 0 saturated carbocycles. The van der Waals surface area contributed by atoms with Gasteiger partial charge in [0, 0.05) is 26.1 Å². The van der Waals surface area contributed by atoms with E-state index in [1.54, 1.807) is 6.92 Å². The van der Waals surface area contributed by atoms with Crippen LogP contribution in [-0.4, -0.2) is 58.4 Å². The maximum Gasteiger partial charge on any atom is 0.326 e. The van der Waals surface area contributed by atoms with Crippen LogP contribution in [0.15, 0.2) is 24.3 Å². The summed E-state index contributed by atoms with van der Waals surface area (Å²) >= 11 is 0. The largest absolute Gasteiger partial charge is 0.480 e. The molecular weight excluding hydrogens is 344 g/mol. The molecule has 2 aliphatic heterocycles. The van der Waals surface area contributed by atoms with Crippen molar-refractivity contribution in [3.63, 3.8) is 0 Å². The van der Waals surface area contributed by atoms with Crippen LogP contribution in [0.5, 0.6) is 0 Å². The number of benzene rings is 1. The number of carbonyl (C=O) groups is 3. The van der Waals surface area contributed by atoms with Gasteiger partial charge in [-0.3, -0.25) is 9.59 Å². The van der Waals surface area contributed by atoms with Crippen LogP contribution in [-0.2, 0) is 20.8 Å². The van der Waals surface area contributed by atoms with Crippen LogP contribution >= 0.6 is 0 Å². The zero-order valence-corrected chi connectivity index (χ0v) is 16.1. The fourth-order valence-corrected chi connectivity index (χ4v) is 4.16. The van der Waals surface area contributed by atoms with E-state index >= 15 is 0 Å². The predicted molar refractivity (Wildman–Crippen MR) is 101 cm³/mol. The van der Waals surface area contributed by atoms with Gasteiger partial charge in [-0.25, -0.2) is 4.79 Å². The fourth-order valence-electron chi connectivity index (χ4n) is 4.16. The smallest absolute Gasteiger partial charge is 0.326 e. The molecule has 2 heterocycles. The number of hydrogen-bond donors (Lipinski definition) is 1. The van der Waals surface area contributed by atoms with Crippen LogP contribution < -0.4 is 0 Å². The molecule has 2 saturated heterocycles. The van der Waals surface area contributed by atoms with Crippen molar-refractivity contribution in [3.8, 4) is 0 Å². The van der Waals surface area contributed by atoms with E-state index in [1.807, 2.05) is 36.1 Å². The summed E-state index contributed by atoms with van der Waals surface area (Å²) in [6.07, 6.45) is 3.24. The van der Waals surface area contributed by atoms with Crippen molar-refractivity contribution in [2.45, 2.75) is 52.0 Å². The highest BCUT2D eigenvalue weighted by molar-refractivity contribution is 5.84. The molecule has 2 fully saturated rings. The Labute approximate surface area is 160 Å². The Balaban J connectivity index is 1.59. The van der Waals surface area contributed by atoms with E-state index < -0.39 is 12.0 Å². The van der Waals surface area contributed by atoms with Crippen LogP contribution in [0.25, 0.3) is 0 Å². The second-order valence-electron chi connectivity index (χ2n) is 8.08. The molecule has 0 bridgehead atoms. The Kier molecular flexibility index (Phi) is 5.53. The lowest BCUT2D eigenvalue weighted by Gasteiger charge is -2.48. The summed E-state index contributed by atoms with van der Waals surface area (Å²) in [7, 11) is 0. The molecule has 0 radical (unpaired) electrons. The van der Waals surface area contributed by atoms with Gasteiger partial charge < -0.3 is 14.9 Å². The third kappa shape index (κ3) is 4.31. The molecule has 0 aromatic heterocycles. The van der Waals surface area contributed by atoms with Gasteiger partial charge in [-0.05, 0) is 44.1 Å². The summed E-state index contributed by atoms with van der Waals surface area (Å²) < 4.78 is 0. The Morgan fingerprint density at radius 3 is 2.37 bits per heavy atom. The standard InChI is InChI=1S/C21H28N2O4/c1-15-3-5-17(6-4-15)13-19(25)22-11-9-21(10-12-22)8-7-18(24)23(14-21)16(2)20(26)27/h3-6,16H,7-14H2,1-2H3,(H,26,27)/t16-/m1/s1. The molecule has 2 amide bonds. The Morgan fingerprint density at radius 1 is 1.15 bits per heavy atom. The number of likely N-dealkylation sites (tertiary alicyclic amines) is 2. The lowest BCUT2D eigenvalue weighted by atomic mass is 9.72. The number of hydrogen-bond acceptors (Lipinski definition) is 3. The highest BCUT2D eigenvalue weighted by atomic mass is 16.4. The Hall–Kier alpha value is -2.37. The molecule has 3 rings (SSSR count). The number of rotatable bonds is 4. The van der Waals surface area contributed by atoms with Crippen LogP contribution in [0.4, 0.5) is 0 Å². The lowest BCUT2D eigenvalue weighted by Crippen LogP contribution is -2.56. The molecule has 1 N–H and O–H groups in total. The van der Waals surface area contributed by atoms with E-state index in [0.717, 1.165) is 24.8 Å². The zero-order chi connectivity index (χ0) is 19.6. The third-order valence-corrected chi connectivity index (χ3v) is 6.17. The van der Waals surface area contributed by atoms with Gasteiger partial charge in [-0.15, -0.1) is 0 Å². The Bertz CT molecular complexity index is 720. The summed E-state index contributed by atoms with van der Waals surface area (Å²) in [5, 5.41) is 9.26. The van der Waals surface area contributed by atoms with Crippen molar-refractivity contribution in [1.82, 2.24) is 9.80 Å². The average Bonchev–Trinajstić information content (AvgIpc) is 2.65. The fraction of sp³-hybridized carbons (Fsp3) is 0.571. The second kappa shape index (κ2) is 7.71. The number of nitrogens with zero attached hydrogens (tertiary/aromatic N) is 2. The maximum absolute atomic E-state index is 12.6. The molecule has 1 atom stereocenters. The van der Waals surface area contributed by atoms with Crippen LogP contribution in [0.1, 0.15) is 43.7 Å². The molecule has 0 aliphatic carbocycles. The first-order chi connectivity index (χ1) is 12.8. The normalized spacial score (nSPS) is 20.6. The van der Waals surface area contributed by atoms with Gasteiger partial charge in [0.2, 0.25) is 11.8 Å². The molecule has 27 heavy (non-hydrogen) atoms. The third-order valence-electron chi connectivity index (χ3n) is 6.17.